The SMILES string of the molecule is CCCCCCCCCCCCCCCCCCCCCCCCCC(=O)OC(COC(=O)CC)COP(=O)(O)OCCN. The second-order valence-electron chi connectivity index (χ2n) is 12.1. The van der Waals surface area contributed by atoms with Gasteiger partial charge in [-0.2, -0.15) is 0 Å². The Morgan fingerprint density at radius 1 is 0.614 bits per heavy atom. The van der Waals surface area contributed by atoms with Gasteiger partial charge in [-0.25, -0.2) is 4.57 Å². The van der Waals surface area contributed by atoms with Gasteiger partial charge in [0.15, 0.2) is 6.10 Å². The summed E-state index contributed by atoms with van der Waals surface area (Å²) in [5.41, 5.74) is 5.26. The molecule has 2 atom stereocenters. The number of phosphoric ester groups is 1. The van der Waals surface area contributed by atoms with Crippen LogP contribution in [0.1, 0.15) is 174 Å². The molecular formula is C34H68NO8P. The quantitative estimate of drug-likeness (QED) is 0.0397. The lowest BCUT2D eigenvalue weighted by Crippen LogP contribution is -2.29. The molecule has 0 fully saturated rings. The van der Waals surface area contributed by atoms with Crippen molar-refractivity contribution < 1.29 is 37.6 Å². The maximum absolute atomic E-state index is 12.3. The van der Waals surface area contributed by atoms with Crippen LogP contribution in [-0.4, -0.2) is 49.3 Å². The van der Waals surface area contributed by atoms with E-state index in [1.54, 1.807) is 6.92 Å². The lowest BCUT2D eigenvalue weighted by molar-refractivity contribution is -0.161. The molecule has 0 bridgehead atoms. The Kier molecular flexibility index (Phi) is 31.3. The van der Waals surface area contributed by atoms with Crippen molar-refractivity contribution in [2.75, 3.05) is 26.4 Å². The Morgan fingerprint density at radius 3 is 1.41 bits per heavy atom. The van der Waals surface area contributed by atoms with Gasteiger partial charge >= 0.3 is 19.8 Å². The van der Waals surface area contributed by atoms with Crippen molar-refractivity contribution >= 4 is 19.8 Å². The van der Waals surface area contributed by atoms with Crippen molar-refractivity contribution in [2.45, 2.75) is 180 Å². The minimum atomic E-state index is -4.33. The van der Waals surface area contributed by atoms with Crippen molar-refractivity contribution in [2.24, 2.45) is 5.73 Å². The Morgan fingerprint density at radius 2 is 1.02 bits per heavy atom. The third kappa shape index (κ3) is 31.0. The van der Waals surface area contributed by atoms with Gasteiger partial charge in [0.25, 0.3) is 0 Å². The van der Waals surface area contributed by atoms with Crippen molar-refractivity contribution in [3.63, 3.8) is 0 Å². The monoisotopic (exact) mass is 649 g/mol. The zero-order valence-electron chi connectivity index (χ0n) is 28.4. The molecule has 10 heteroatoms. The summed E-state index contributed by atoms with van der Waals surface area (Å²) in [6.07, 6.45) is 29.6. The normalized spacial score (nSPS) is 13.5. The lowest BCUT2D eigenvalue weighted by atomic mass is 10.0. The molecule has 9 nitrogen and oxygen atoms in total. The van der Waals surface area contributed by atoms with Crippen LogP contribution in [0.25, 0.3) is 0 Å². The summed E-state index contributed by atoms with van der Waals surface area (Å²) in [5.74, 6) is -0.919. The first-order valence-corrected chi connectivity index (χ1v) is 19.5. The standard InChI is InChI=1S/C34H68NO8P/c1-3-5-6-7-8-9-10-11-12-13-14-15-16-17-18-19-20-21-22-23-24-25-26-27-34(37)43-32(30-40-33(36)4-2)31-42-44(38,39)41-29-28-35/h32H,3-31,35H2,1-2H3,(H,38,39). The predicted octanol–water partition coefficient (Wildman–Crippen LogP) is 9.33. The van der Waals surface area contributed by atoms with E-state index >= 15 is 0 Å². The van der Waals surface area contributed by atoms with Gasteiger partial charge in [-0.05, 0) is 6.42 Å². The second kappa shape index (κ2) is 32.0. The number of rotatable bonds is 34. The van der Waals surface area contributed by atoms with Crippen LogP contribution in [0.4, 0.5) is 0 Å². The van der Waals surface area contributed by atoms with Crippen molar-refractivity contribution in [1.29, 1.82) is 0 Å². The van der Waals surface area contributed by atoms with E-state index in [0.717, 1.165) is 12.8 Å². The number of hydrogen-bond donors (Lipinski definition) is 2. The number of hydrogen-bond acceptors (Lipinski definition) is 8. The first-order chi connectivity index (χ1) is 21.3. The van der Waals surface area contributed by atoms with Gasteiger partial charge in [0, 0.05) is 19.4 Å². The molecule has 44 heavy (non-hydrogen) atoms. The summed E-state index contributed by atoms with van der Waals surface area (Å²) < 4.78 is 31.8. The molecule has 2 unspecified atom stereocenters. The van der Waals surface area contributed by atoms with E-state index in [1.165, 1.54) is 128 Å². The molecule has 0 spiro atoms. The van der Waals surface area contributed by atoms with Crippen LogP contribution < -0.4 is 5.73 Å². The zero-order chi connectivity index (χ0) is 32.6. The Balaban J connectivity index is 3.66. The van der Waals surface area contributed by atoms with Crippen molar-refractivity contribution in [3.8, 4) is 0 Å². The van der Waals surface area contributed by atoms with Gasteiger partial charge in [-0.3, -0.25) is 18.6 Å². The summed E-state index contributed by atoms with van der Waals surface area (Å²) in [4.78, 5) is 33.4. The van der Waals surface area contributed by atoms with E-state index in [9.17, 15) is 19.0 Å². The largest absolute Gasteiger partial charge is 0.472 e. The maximum atomic E-state index is 12.3. The van der Waals surface area contributed by atoms with Crippen molar-refractivity contribution in [1.82, 2.24) is 0 Å². The lowest BCUT2D eigenvalue weighted by Gasteiger charge is -2.19. The van der Waals surface area contributed by atoms with Crippen LogP contribution in [-0.2, 0) is 32.7 Å². The molecule has 0 radical (unpaired) electrons. The number of nitrogens with two attached hydrogens (primary N) is 1. The molecule has 0 saturated heterocycles. The topological polar surface area (TPSA) is 134 Å². The molecule has 0 rings (SSSR count). The molecule has 0 amide bonds. The molecule has 262 valence electrons. The average molecular weight is 650 g/mol. The molecule has 3 N–H and O–H groups in total. The van der Waals surface area contributed by atoms with E-state index in [4.69, 9.17) is 19.7 Å². The van der Waals surface area contributed by atoms with Gasteiger partial charge in [0.2, 0.25) is 0 Å². The summed E-state index contributed by atoms with van der Waals surface area (Å²) in [6.45, 7) is 3.14. The molecular weight excluding hydrogens is 581 g/mol. The van der Waals surface area contributed by atoms with E-state index in [0.29, 0.717) is 6.42 Å². The minimum absolute atomic E-state index is 0.0556. The molecule has 0 heterocycles. The van der Waals surface area contributed by atoms with Gasteiger partial charge in [0.1, 0.15) is 6.61 Å². The van der Waals surface area contributed by atoms with E-state index in [-0.39, 0.29) is 32.6 Å². The third-order valence-electron chi connectivity index (χ3n) is 7.80. The van der Waals surface area contributed by atoms with E-state index < -0.39 is 32.5 Å². The van der Waals surface area contributed by atoms with Crippen LogP contribution in [0, 0.1) is 0 Å². The molecule has 0 aliphatic rings. The third-order valence-corrected chi connectivity index (χ3v) is 8.78. The molecule has 0 aliphatic carbocycles. The molecule has 0 aromatic rings. The van der Waals surface area contributed by atoms with Crippen LogP contribution in [0.5, 0.6) is 0 Å². The van der Waals surface area contributed by atoms with E-state index in [2.05, 4.69) is 11.4 Å². The minimum Gasteiger partial charge on any atom is -0.462 e. The highest BCUT2D eigenvalue weighted by Crippen LogP contribution is 2.43. The summed E-state index contributed by atoms with van der Waals surface area (Å²) in [7, 11) is -4.33. The first kappa shape index (κ1) is 43.0. The van der Waals surface area contributed by atoms with Gasteiger partial charge in [-0.15, -0.1) is 0 Å². The average Bonchev–Trinajstić information content (AvgIpc) is 3.01. The maximum Gasteiger partial charge on any atom is 0.472 e. The van der Waals surface area contributed by atoms with Gasteiger partial charge in [-0.1, -0.05) is 155 Å². The Labute approximate surface area is 269 Å². The molecule has 0 aromatic carbocycles. The summed E-state index contributed by atoms with van der Waals surface area (Å²) in [5, 5.41) is 0. The smallest absolute Gasteiger partial charge is 0.462 e. The van der Waals surface area contributed by atoms with Crippen LogP contribution in [0.2, 0.25) is 0 Å². The fourth-order valence-corrected chi connectivity index (χ4v) is 5.85. The first-order valence-electron chi connectivity index (χ1n) is 18.0. The van der Waals surface area contributed by atoms with Crippen LogP contribution in [0.3, 0.4) is 0 Å². The zero-order valence-corrected chi connectivity index (χ0v) is 29.3. The van der Waals surface area contributed by atoms with Crippen LogP contribution >= 0.6 is 7.82 Å². The highest BCUT2D eigenvalue weighted by molar-refractivity contribution is 7.47. The Bertz CT molecular complexity index is 709. The second-order valence-corrected chi connectivity index (χ2v) is 13.5. The summed E-state index contributed by atoms with van der Waals surface area (Å²) >= 11 is 0. The molecule has 0 saturated carbocycles. The van der Waals surface area contributed by atoms with Gasteiger partial charge < -0.3 is 20.1 Å². The number of carbonyl (C=O) groups excluding carboxylic acids is 2. The summed E-state index contributed by atoms with van der Waals surface area (Å²) in [6, 6.07) is 0. The predicted molar refractivity (Wildman–Crippen MR) is 178 cm³/mol. The fourth-order valence-electron chi connectivity index (χ4n) is 5.09. The highest BCUT2D eigenvalue weighted by Gasteiger charge is 2.25. The fraction of sp³-hybridized carbons (Fsp3) is 0.941. The number of unbranched alkanes of at least 4 members (excludes halogenated alkanes) is 22. The highest BCUT2D eigenvalue weighted by atomic mass is 31.2. The Hall–Kier alpha value is -0.990. The van der Waals surface area contributed by atoms with Crippen molar-refractivity contribution in [3.05, 3.63) is 0 Å². The number of esters is 2. The van der Waals surface area contributed by atoms with E-state index in [1.807, 2.05) is 0 Å². The molecule has 0 aromatic heterocycles. The number of ether oxygens (including phenoxy) is 2. The number of phosphoric acid groups is 1. The van der Waals surface area contributed by atoms with Gasteiger partial charge in [0.05, 0.1) is 13.2 Å². The van der Waals surface area contributed by atoms with Crippen LogP contribution in [0.15, 0.2) is 0 Å². The molecule has 0 aliphatic heterocycles. The number of carbonyl (C=O) groups is 2.